The summed E-state index contributed by atoms with van der Waals surface area (Å²) >= 11 is 0. The number of hydrogen-bond acceptors (Lipinski definition) is 4. The Labute approximate surface area is 193 Å². The van der Waals surface area contributed by atoms with Gasteiger partial charge in [0.05, 0.1) is 5.56 Å². The van der Waals surface area contributed by atoms with Gasteiger partial charge in [0, 0.05) is 44.0 Å². The van der Waals surface area contributed by atoms with Gasteiger partial charge < -0.3 is 9.88 Å². The summed E-state index contributed by atoms with van der Waals surface area (Å²) in [4.78, 5) is 4.09. The first-order valence-corrected chi connectivity index (χ1v) is 11.7. The predicted octanol–water partition coefficient (Wildman–Crippen LogP) is 4.29. The number of anilines is 1. The molecule has 0 saturated carbocycles. The summed E-state index contributed by atoms with van der Waals surface area (Å²) in [5.74, 6) is -1.91. The fraction of sp³-hybridized carbons (Fsp3) is 0.318. The minimum Gasteiger partial charge on any atom is -0.380 e. The number of rotatable bonds is 5. The lowest BCUT2D eigenvalue weighted by Gasteiger charge is -2.22. The highest BCUT2D eigenvalue weighted by molar-refractivity contribution is 7.89. The zero-order chi connectivity index (χ0) is 24.8. The normalized spacial score (nSPS) is 19.5. The van der Waals surface area contributed by atoms with E-state index in [4.69, 9.17) is 0 Å². The van der Waals surface area contributed by atoms with Gasteiger partial charge in [0.1, 0.15) is 17.5 Å². The lowest BCUT2D eigenvalue weighted by Crippen LogP contribution is -2.32. The smallest absolute Gasteiger partial charge is 0.380 e. The first-order chi connectivity index (χ1) is 15.9. The van der Waals surface area contributed by atoms with E-state index in [2.05, 4.69) is 10.3 Å². The Morgan fingerprint density at radius 1 is 1.06 bits per heavy atom. The summed E-state index contributed by atoms with van der Waals surface area (Å²) in [7, 11) is -2.35. The number of halogens is 5. The Hall–Kier alpha value is -2.99. The van der Waals surface area contributed by atoms with Crippen molar-refractivity contribution < 1.29 is 30.4 Å². The van der Waals surface area contributed by atoms with E-state index in [1.54, 1.807) is 18.5 Å². The number of nitrogens with zero attached hydrogens (tertiary/aromatic N) is 3. The lowest BCUT2D eigenvalue weighted by atomic mass is 9.94. The summed E-state index contributed by atoms with van der Waals surface area (Å²) in [5, 5.41) is 2.78. The standard InChI is InChI=1S/C22H21F5N4O2S/c1-13-28-21(12-30(13)2)34(32,33)31-10-17(14-3-5-15(23)6-4-14)20(11-31)29-16-7-8-19(24)18(9-16)22(25,26)27/h3-9,12,17,20,29H,10-11H2,1-2H3. The fourth-order valence-corrected chi connectivity index (χ4v) is 5.50. The van der Waals surface area contributed by atoms with Gasteiger partial charge in [0.2, 0.25) is 0 Å². The molecule has 1 aliphatic heterocycles. The molecule has 182 valence electrons. The number of hydrogen-bond donors (Lipinski definition) is 1. The van der Waals surface area contributed by atoms with Crippen molar-refractivity contribution >= 4 is 15.7 Å². The number of sulfonamides is 1. The number of nitrogens with one attached hydrogen (secondary N) is 1. The fourth-order valence-electron chi connectivity index (χ4n) is 3.99. The second-order valence-corrected chi connectivity index (χ2v) is 10.0. The van der Waals surface area contributed by atoms with Crippen LogP contribution in [0.2, 0.25) is 0 Å². The van der Waals surface area contributed by atoms with Gasteiger partial charge in [0.25, 0.3) is 10.0 Å². The second-order valence-electron chi connectivity index (χ2n) is 8.16. The molecule has 0 amide bonds. The molecular weight excluding hydrogens is 479 g/mol. The minimum atomic E-state index is -4.89. The molecule has 4 rings (SSSR count). The van der Waals surface area contributed by atoms with Crippen LogP contribution in [0.5, 0.6) is 0 Å². The molecule has 3 aromatic rings. The molecule has 12 heteroatoms. The molecule has 0 radical (unpaired) electrons. The quantitative estimate of drug-likeness (QED) is 0.531. The Kier molecular flexibility index (Phi) is 6.15. The van der Waals surface area contributed by atoms with Gasteiger partial charge in [-0.15, -0.1) is 0 Å². The van der Waals surface area contributed by atoms with Gasteiger partial charge in [-0.25, -0.2) is 22.2 Å². The van der Waals surface area contributed by atoms with Crippen LogP contribution >= 0.6 is 0 Å². The molecule has 1 aromatic heterocycles. The van der Waals surface area contributed by atoms with Crippen LogP contribution in [0.25, 0.3) is 0 Å². The van der Waals surface area contributed by atoms with Gasteiger partial charge in [-0.3, -0.25) is 0 Å². The molecule has 0 spiro atoms. The molecule has 6 nitrogen and oxygen atoms in total. The molecule has 2 heterocycles. The maximum atomic E-state index is 13.7. The highest BCUT2D eigenvalue weighted by Crippen LogP contribution is 2.36. The van der Waals surface area contributed by atoms with Crippen LogP contribution in [0.4, 0.5) is 27.6 Å². The zero-order valence-electron chi connectivity index (χ0n) is 18.1. The summed E-state index contributed by atoms with van der Waals surface area (Å²) in [6.45, 7) is 1.56. The summed E-state index contributed by atoms with van der Waals surface area (Å²) < 4.78 is 95.9. The predicted molar refractivity (Wildman–Crippen MR) is 115 cm³/mol. The third-order valence-electron chi connectivity index (χ3n) is 5.90. The van der Waals surface area contributed by atoms with Crippen LogP contribution in [0.1, 0.15) is 22.9 Å². The first-order valence-electron chi connectivity index (χ1n) is 10.2. The van der Waals surface area contributed by atoms with E-state index in [-0.39, 0.29) is 23.8 Å². The van der Waals surface area contributed by atoms with Crippen molar-refractivity contribution in [1.82, 2.24) is 13.9 Å². The highest BCUT2D eigenvalue weighted by atomic mass is 32.2. The molecule has 1 saturated heterocycles. The van der Waals surface area contributed by atoms with E-state index in [0.717, 1.165) is 6.07 Å². The monoisotopic (exact) mass is 500 g/mol. The van der Waals surface area contributed by atoms with Crippen molar-refractivity contribution in [3.05, 3.63) is 77.2 Å². The first kappa shape index (κ1) is 24.1. The van der Waals surface area contributed by atoms with Gasteiger partial charge in [0.15, 0.2) is 5.03 Å². The molecule has 1 fully saturated rings. The molecule has 0 bridgehead atoms. The zero-order valence-corrected chi connectivity index (χ0v) is 19.0. The average Bonchev–Trinajstić information content (AvgIpc) is 3.33. The molecule has 1 aliphatic rings. The van der Waals surface area contributed by atoms with Crippen LogP contribution in [-0.4, -0.2) is 41.4 Å². The Balaban J connectivity index is 1.68. The molecule has 34 heavy (non-hydrogen) atoms. The molecule has 2 unspecified atom stereocenters. The van der Waals surface area contributed by atoms with E-state index >= 15 is 0 Å². The Morgan fingerprint density at radius 3 is 2.32 bits per heavy atom. The average molecular weight is 500 g/mol. The Bertz CT molecular complexity index is 1290. The SMILES string of the molecule is Cc1nc(S(=O)(=O)N2CC(Nc3ccc(F)c(C(F)(F)F)c3)C(c3ccc(F)cc3)C2)cn1C. The maximum Gasteiger partial charge on any atom is 0.419 e. The van der Waals surface area contributed by atoms with Crippen LogP contribution in [-0.2, 0) is 23.2 Å². The van der Waals surface area contributed by atoms with E-state index in [9.17, 15) is 30.4 Å². The van der Waals surface area contributed by atoms with Crippen LogP contribution < -0.4 is 5.32 Å². The van der Waals surface area contributed by atoms with E-state index < -0.39 is 45.4 Å². The third kappa shape index (κ3) is 4.64. The van der Waals surface area contributed by atoms with E-state index in [0.29, 0.717) is 23.5 Å². The minimum absolute atomic E-state index is 0.00538. The van der Waals surface area contributed by atoms with Crippen molar-refractivity contribution in [2.75, 3.05) is 18.4 Å². The van der Waals surface area contributed by atoms with E-state index in [1.165, 1.54) is 34.8 Å². The highest BCUT2D eigenvalue weighted by Gasteiger charge is 2.41. The van der Waals surface area contributed by atoms with Crippen LogP contribution in [0.15, 0.2) is 53.7 Å². The number of imidazole rings is 1. The molecule has 2 aromatic carbocycles. The molecular formula is C22H21F5N4O2S. The number of alkyl halides is 3. The van der Waals surface area contributed by atoms with Gasteiger partial charge in [-0.1, -0.05) is 12.1 Å². The summed E-state index contributed by atoms with van der Waals surface area (Å²) in [6, 6.07) is 7.30. The van der Waals surface area contributed by atoms with Crippen molar-refractivity contribution in [3.63, 3.8) is 0 Å². The third-order valence-corrected chi connectivity index (χ3v) is 7.60. The van der Waals surface area contributed by atoms with Gasteiger partial charge in [-0.2, -0.15) is 17.5 Å². The largest absolute Gasteiger partial charge is 0.419 e. The second kappa shape index (κ2) is 8.66. The summed E-state index contributed by atoms with van der Waals surface area (Å²) in [5.41, 5.74) is -0.840. The summed E-state index contributed by atoms with van der Waals surface area (Å²) in [6.07, 6.45) is -3.51. The Morgan fingerprint density at radius 2 is 1.74 bits per heavy atom. The number of benzene rings is 2. The van der Waals surface area contributed by atoms with Gasteiger partial charge in [-0.05, 0) is 42.8 Å². The van der Waals surface area contributed by atoms with Crippen molar-refractivity contribution in [3.8, 4) is 0 Å². The van der Waals surface area contributed by atoms with E-state index in [1.807, 2.05) is 0 Å². The van der Waals surface area contributed by atoms with Gasteiger partial charge >= 0.3 is 6.18 Å². The van der Waals surface area contributed by atoms with Crippen molar-refractivity contribution in [2.24, 2.45) is 7.05 Å². The maximum absolute atomic E-state index is 13.7. The van der Waals surface area contributed by atoms with Crippen molar-refractivity contribution in [1.29, 1.82) is 0 Å². The molecule has 2 atom stereocenters. The molecule has 0 aliphatic carbocycles. The van der Waals surface area contributed by atoms with Crippen molar-refractivity contribution in [2.45, 2.75) is 30.1 Å². The topological polar surface area (TPSA) is 67.2 Å². The van der Waals surface area contributed by atoms with Crippen LogP contribution in [0.3, 0.4) is 0 Å². The number of aromatic nitrogens is 2. The lowest BCUT2D eigenvalue weighted by molar-refractivity contribution is -0.139. The molecule has 1 N–H and O–H groups in total. The number of aryl methyl sites for hydroxylation is 2. The van der Waals surface area contributed by atoms with Crippen LogP contribution in [0, 0.1) is 18.6 Å².